The average molecular weight is 220 g/mol. The van der Waals surface area contributed by atoms with E-state index in [1.54, 1.807) is 0 Å². The van der Waals surface area contributed by atoms with Crippen LogP contribution in [-0.4, -0.2) is 5.25 Å². The molecule has 0 aromatic heterocycles. The molecule has 1 heterocycles. The van der Waals surface area contributed by atoms with E-state index in [4.69, 9.17) is 0 Å². The van der Waals surface area contributed by atoms with E-state index in [1.165, 1.54) is 10.5 Å². The molecule has 0 fully saturated rings. The normalized spacial score (nSPS) is 23.9. The van der Waals surface area contributed by atoms with E-state index in [0.29, 0.717) is 16.1 Å². The SMILES string of the molecule is CC(C)(C)C1Sc2ccccc2C1(C)C. The minimum absolute atomic E-state index is 0.291. The zero-order valence-corrected chi connectivity index (χ0v) is 11.1. The van der Waals surface area contributed by atoms with Gasteiger partial charge in [0.1, 0.15) is 0 Å². The van der Waals surface area contributed by atoms with Crippen molar-refractivity contribution in [1.82, 2.24) is 0 Å². The van der Waals surface area contributed by atoms with Gasteiger partial charge in [-0.1, -0.05) is 52.8 Å². The van der Waals surface area contributed by atoms with Crippen molar-refractivity contribution < 1.29 is 0 Å². The van der Waals surface area contributed by atoms with Crippen LogP contribution in [0.1, 0.15) is 40.2 Å². The van der Waals surface area contributed by atoms with Crippen LogP contribution in [0.25, 0.3) is 0 Å². The van der Waals surface area contributed by atoms with E-state index in [-0.39, 0.29) is 0 Å². The molecule has 2 rings (SSSR count). The molecule has 15 heavy (non-hydrogen) atoms. The van der Waals surface area contributed by atoms with Crippen LogP contribution in [-0.2, 0) is 5.41 Å². The van der Waals surface area contributed by atoms with Crippen molar-refractivity contribution in [3.63, 3.8) is 0 Å². The summed E-state index contributed by atoms with van der Waals surface area (Å²) in [5, 5.41) is 0.669. The van der Waals surface area contributed by atoms with E-state index >= 15 is 0 Å². The summed E-state index contributed by atoms with van der Waals surface area (Å²) in [4.78, 5) is 1.47. The van der Waals surface area contributed by atoms with E-state index in [2.05, 4.69) is 70.6 Å². The molecule has 1 aromatic rings. The molecule has 1 unspecified atom stereocenters. The standard InChI is InChI=1S/C14H20S/c1-13(2,3)12-14(4,5)10-8-6-7-9-11(10)15-12/h6-9,12H,1-5H3. The molecule has 1 aliphatic rings. The highest BCUT2D eigenvalue weighted by Gasteiger charge is 2.45. The van der Waals surface area contributed by atoms with Crippen molar-refractivity contribution in [2.75, 3.05) is 0 Å². The lowest BCUT2D eigenvalue weighted by molar-refractivity contribution is 0.305. The summed E-state index contributed by atoms with van der Waals surface area (Å²) in [5.74, 6) is 0. The van der Waals surface area contributed by atoms with Gasteiger partial charge < -0.3 is 0 Å². The third kappa shape index (κ3) is 1.71. The second-order valence-corrected chi connectivity index (χ2v) is 7.23. The Kier molecular flexibility index (Phi) is 2.42. The molecule has 1 aliphatic heterocycles. The lowest BCUT2D eigenvalue weighted by atomic mass is 9.72. The van der Waals surface area contributed by atoms with E-state index in [0.717, 1.165) is 0 Å². The van der Waals surface area contributed by atoms with Gasteiger partial charge >= 0.3 is 0 Å². The maximum atomic E-state index is 2.38. The molecule has 1 atom stereocenters. The fourth-order valence-electron chi connectivity index (χ4n) is 2.78. The summed E-state index contributed by atoms with van der Waals surface area (Å²) < 4.78 is 0. The lowest BCUT2D eigenvalue weighted by Crippen LogP contribution is -2.37. The zero-order chi connectivity index (χ0) is 11.3. The van der Waals surface area contributed by atoms with Crippen molar-refractivity contribution in [3.05, 3.63) is 29.8 Å². The van der Waals surface area contributed by atoms with Crippen LogP contribution < -0.4 is 0 Å². The number of rotatable bonds is 0. The maximum Gasteiger partial charge on any atom is 0.0235 e. The second kappa shape index (κ2) is 3.28. The summed E-state index contributed by atoms with van der Waals surface area (Å²) in [6.07, 6.45) is 0. The highest BCUT2D eigenvalue weighted by molar-refractivity contribution is 8.00. The average Bonchev–Trinajstić information content (AvgIpc) is 2.39. The van der Waals surface area contributed by atoms with Gasteiger partial charge in [0.2, 0.25) is 0 Å². The molecule has 0 spiro atoms. The number of hydrogen-bond donors (Lipinski definition) is 0. The highest BCUT2D eigenvalue weighted by atomic mass is 32.2. The molecule has 0 amide bonds. The zero-order valence-electron chi connectivity index (χ0n) is 10.3. The van der Waals surface area contributed by atoms with E-state index < -0.39 is 0 Å². The highest BCUT2D eigenvalue weighted by Crippen LogP contribution is 2.54. The summed E-state index contributed by atoms with van der Waals surface area (Å²) in [5.41, 5.74) is 2.17. The maximum absolute atomic E-state index is 2.38. The molecule has 0 saturated heterocycles. The van der Waals surface area contributed by atoms with Crippen LogP contribution >= 0.6 is 11.8 Å². The molecule has 0 aliphatic carbocycles. The summed E-state index contributed by atoms with van der Waals surface area (Å²) in [6.45, 7) is 11.8. The Bertz CT molecular complexity index is 371. The first kappa shape index (κ1) is 11.1. The van der Waals surface area contributed by atoms with Gasteiger partial charge in [0.25, 0.3) is 0 Å². The Morgan fingerprint density at radius 1 is 1.13 bits per heavy atom. The fourth-order valence-corrected chi connectivity index (χ4v) is 4.42. The minimum atomic E-state index is 0.291. The van der Waals surface area contributed by atoms with Gasteiger partial charge in [0, 0.05) is 15.6 Å². The van der Waals surface area contributed by atoms with Crippen LogP contribution in [0, 0.1) is 5.41 Å². The van der Waals surface area contributed by atoms with Gasteiger partial charge in [0.15, 0.2) is 0 Å². The first-order valence-electron chi connectivity index (χ1n) is 5.59. The monoisotopic (exact) mass is 220 g/mol. The Labute approximate surface area is 97.5 Å². The summed E-state index contributed by atoms with van der Waals surface area (Å²) in [6, 6.07) is 8.85. The number of benzene rings is 1. The van der Waals surface area contributed by atoms with Gasteiger partial charge in [-0.05, 0) is 17.0 Å². The second-order valence-electron chi connectivity index (χ2n) is 6.08. The van der Waals surface area contributed by atoms with Crippen molar-refractivity contribution in [2.45, 2.75) is 50.2 Å². The summed E-state index contributed by atoms with van der Waals surface area (Å²) >= 11 is 2.05. The molecule has 0 nitrogen and oxygen atoms in total. The largest absolute Gasteiger partial charge is 0.121 e. The molecule has 1 aromatic carbocycles. The molecule has 1 heteroatoms. The van der Waals surface area contributed by atoms with E-state index in [9.17, 15) is 0 Å². The van der Waals surface area contributed by atoms with Crippen molar-refractivity contribution in [1.29, 1.82) is 0 Å². The minimum Gasteiger partial charge on any atom is -0.121 e. The third-order valence-electron chi connectivity index (χ3n) is 3.27. The van der Waals surface area contributed by atoms with Crippen LogP contribution in [0.2, 0.25) is 0 Å². The predicted octanol–water partition coefficient (Wildman–Crippen LogP) is 4.48. The van der Waals surface area contributed by atoms with Crippen LogP contribution in [0.15, 0.2) is 29.2 Å². The molecular formula is C14H20S. The van der Waals surface area contributed by atoms with Crippen LogP contribution in [0.3, 0.4) is 0 Å². The van der Waals surface area contributed by atoms with Gasteiger partial charge in [-0.3, -0.25) is 0 Å². The quantitative estimate of drug-likeness (QED) is 0.621. The van der Waals surface area contributed by atoms with Crippen molar-refractivity contribution >= 4 is 11.8 Å². The first-order chi connectivity index (χ1) is 6.83. The topological polar surface area (TPSA) is 0 Å². The Morgan fingerprint density at radius 2 is 1.73 bits per heavy atom. The Morgan fingerprint density at radius 3 is 2.27 bits per heavy atom. The third-order valence-corrected chi connectivity index (χ3v) is 5.41. The van der Waals surface area contributed by atoms with Crippen LogP contribution in [0.4, 0.5) is 0 Å². The van der Waals surface area contributed by atoms with Gasteiger partial charge in [-0.2, -0.15) is 0 Å². The smallest absolute Gasteiger partial charge is 0.0235 e. The van der Waals surface area contributed by atoms with Crippen molar-refractivity contribution in [3.8, 4) is 0 Å². The molecule has 0 saturated carbocycles. The van der Waals surface area contributed by atoms with Gasteiger partial charge in [0.05, 0.1) is 0 Å². The molecular weight excluding hydrogens is 200 g/mol. The molecule has 82 valence electrons. The number of hydrogen-bond acceptors (Lipinski definition) is 1. The number of thioether (sulfide) groups is 1. The van der Waals surface area contributed by atoms with E-state index in [1.807, 2.05) is 0 Å². The first-order valence-corrected chi connectivity index (χ1v) is 6.47. The van der Waals surface area contributed by atoms with Crippen molar-refractivity contribution in [2.24, 2.45) is 5.41 Å². The predicted molar refractivity (Wildman–Crippen MR) is 68.6 cm³/mol. The Balaban J connectivity index is 2.47. The summed E-state index contributed by atoms with van der Waals surface area (Å²) in [7, 11) is 0. The molecule has 0 bridgehead atoms. The molecule has 0 N–H and O–H groups in total. The fraction of sp³-hybridized carbons (Fsp3) is 0.571. The lowest BCUT2D eigenvalue weighted by Gasteiger charge is -2.37. The van der Waals surface area contributed by atoms with Gasteiger partial charge in [-0.25, -0.2) is 0 Å². The Hall–Kier alpha value is -0.430. The number of fused-ring (bicyclic) bond motifs is 1. The molecule has 0 radical (unpaired) electrons. The van der Waals surface area contributed by atoms with Gasteiger partial charge in [-0.15, -0.1) is 11.8 Å². The van der Waals surface area contributed by atoms with Crippen LogP contribution in [0.5, 0.6) is 0 Å².